The molecule has 3 N–H and O–H groups in total. The Hall–Kier alpha value is -2.56. The molecule has 1 spiro atoms. The molecule has 2 heterocycles. The van der Waals surface area contributed by atoms with Crippen LogP contribution in [0.15, 0.2) is 45.9 Å². The van der Waals surface area contributed by atoms with Gasteiger partial charge in [-0.05, 0) is 60.7 Å². The molecule has 0 aromatic heterocycles. The maximum absolute atomic E-state index is 10.3. The zero-order chi connectivity index (χ0) is 20.2. The van der Waals surface area contributed by atoms with Gasteiger partial charge in [-0.2, -0.15) is 5.26 Å². The molecule has 0 amide bonds. The maximum atomic E-state index is 10.3. The summed E-state index contributed by atoms with van der Waals surface area (Å²) >= 11 is 3.48. The monoisotopic (exact) mass is 453 g/mol. The lowest BCUT2D eigenvalue weighted by Gasteiger charge is -2.47. The van der Waals surface area contributed by atoms with Gasteiger partial charge < -0.3 is 20.3 Å². The number of hydrogen-bond donors (Lipinski definition) is 2. The highest BCUT2D eigenvalue weighted by molar-refractivity contribution is 9.10. The van der Waals surface area contributed by atoms with E-state index in [1.54, 1.807) is 6.07 Å². The van der Waals surface area contributed by atoms with Crippen molar-refractivity contribution in [3.63, 3.8) is 0 Å². The second-order valence-corrected chi connectivity index (χ2v) is 8.86. The van der Waals surface area contributed by atoms with Gasteiger partial charge in [0.1, 0.15) is 24.0 Å². The number of aliphatic imine (C=N–C) groups is 1. The Morgan fingerprint density at radius 1 is 1.21 bits per heavy atom. The normalized spacial score (nSPS) is 29.8. The van der Waals surface area contributed by atoms with Crippen LogP contribution >= 0.6 is 15.9 Å². The number of aliphatic hydroxyl groups is 1. The lowest BCUT2D eigenvalue weighted by Crippen LogP contribution is -2.51. The summed E-state index contributed by atoms with van der Waals surface area (Å²) in [5.41, 5.74) is 8.67. The molecule has 1 saturated carbocycles. The van der Waals surface area contributed by atoms with Crippen LogP contribution < -0.4 is 10.5 Å². The second-order valence-electron chi connectivity index (χ2n) is 7.94. The quantitative estimate of drug-likeness (QED) is 0.688. The molecule has 3 aliphatic rings. The van der Waals surface area contributed by atoms with E-state index < -0.39 is 5.54 Å². The van der Waals surface area contributed by atoms with Crippen LogP contribution in [0.25, 0.3) is 11.1 Å². The third-order valence-corrected chi connectivity index (χ3v) is 6.66. The van der Waals surface area contributed by atoms with Gasteiger partial charge in [-0.3, -0.25) is 0 Å². The van der Waals surface area contributed by atoms with Crippen molar-refractivity contribution in [3.8, 4) is 22.9 Å². The Bertz CT molecular complexity index is 1060. The average molecular weight is 454 g/mol. The van der Waals surface area contributed by atoms with Crippen molar-refractivity contribution < 1.29 is 14.6 Å². The Morgan fingerprint density at radius 3 is 2.83 bits per heavy atom. The van der Waals surface area contributed by atoms with Crippen molar-refractivity contribution in [1.82, 2.24) is 0 Å². The van der Waals surface area contributed by atoms with Gasteiger partial charge >= 0.3 is 0 Å². The number of nitrogens with zero attached hydrogens (tertiary/aromatic N) is 2. The van der Waals surface area contributed by atoms with Crippen LogP contribution in [-0.2, 0) is 10.3 Å². The van der Waals surface area contributed by atoms with E-state index in [-0.39, 0.29) is 24.1 Å². The second kappa shape index (κ2) is 6.75. The molecule has 5 rings (SSSR count). The minimum absolute atomic E-state index is 0.00720. The Morgan fingerprint density at radius 2 is 2.07 bits per heavy atom. The minimum atomic E-state index is -0.663. The number of nitrogens with two attached hydrogens (primary N) is 1. The molecule has 6 nitrogen and oxygen atoms in total. The topological polar surface area (TPSA) is 101 Å². The summed E-state index contributed by atoms with van der Waals surface area (Å²) < 4.78 is 12.8. The SMILES string of the molecule is N#Cc1cc(Br)cc(-c2ccc3c(c2)C2(COC(N)=N2)[C@H]2C[C@@H](O)CC[C@@H]2O3)c1. The standard InChI is InChI=1S/C22H20BrN3O3/c23-15-6-12(10-24)5-14(7-15)13-1-3-19-17(8-13)22(11-28-21(25)26-22)18-9-16(27)2-4-20(18)29-19/h1,3,5-8,16,18,20,27H,2,4,9,11H2,(H2,25,26)/t16-,18-,20-,22?/m0/s1. The number of fused-ring (bicyclic) bond motifs is 4. The van der Waals surface area contributed by atoms with Crippen LogP contribution in [0, 0.1) is 17.2 Å². The van der Waals surface area contributed by atoms with Crippen LogP contribution in [-0.4, -0.2) is 29.9 Å². The predicted molar refractivity (Wildman–Crippen MR) is 111 cm³/mol. The molecule has 2 aromatic carbocycles. The summed E-state index contributed by atoms with van der Waals surface area (Å²) in [6.45, 7) is 0.342. The number of halogens is 1. The summed E-state index contributed by atoms with van der Waals surface area (Å²) in [5.74, 6) is 0.774. The van der Waals surface area contributed by atoms with Gasteiger partial charge in [-0.25, -0.2) is 4.99 Å². The number of amidine groups is 1. The molecule has 1 unspecified atom stereocenters. The summed E-state index contributed by atoms with van der Waals surface area (Å²) in [4.78, 5) is 4.75. The lowest BCUT2D eigenvalue weighted by molar-refractivity contribution is -0.0359. The number of rotatable bonds is 1. The molecule has 1 fully saturated rings. The summed E-state index contributed by atoms with van der Waals surface area (Å²) in [6.07, 6.45) is 1.71. The summed E-state index contributed by atoms with van der Waals surface area (Å²) in [6, 6.07) is 14.0. The van der Waals surface area contributed by atoms with Gasteiger partial charge in [-0.1, -0.05) is 22.0 Å². The zero-order valence-electron chi connectivity index (χ0n) is 15.6. The first-order valence-electron chi connectivity index (χ1n) is 9.67. The molecule has 0 saturated heterocycles. The van der Waals surface area contributed by atoms with Crippen molar-refractivity contribution in [2.45, 2.75) is 37.0 Å². The van der Waals surface area contributed by atoms with Gasteiger partial charge in [0.25, 0.3) is 6.02 Å². The molecular weight excluding hydrogens is 434 g/mol. The first kappa shape index (κ1) is 18.5. The van der Waals surface area contributed by atoms with E-state index in [2.05, 4.69) is 28.1 Å². The molecule has 0 radical (unpaired) electrons. The van der Waals surface area contributed by atoms with Crippen molar-refractivity contribution >= 4 is 22.0 Å². The predicted octanol–water partition coefficient (Wildman–Crippen LogP) is 3.45. The smallest absolute Gasteiger partial charge is 0.283 e. The highest BCUT2D eigenvalue weighted by atomic mass is 79.9. The highest BCUT2D eigenvalue weighted by Crippen LogP contribution is 2.53. The first-order valence-corrected chi connectivity index (χ1v) is 10.5. The van der Waals surface area contributed by atoms with Crippen molar-refractivity contribution in [3.05, 3.63) is 52.0 Å². The number of benzene rings is 2. The molecule has 4 atom stereocenters. The van der Waals surface area contributed by atoms with E-state index in [1.807, 2.05) is 24.3 Å². The Balaban J connectivity index is 1.66. The van der Waals surface area contributed by atoms with Crippen LogP contribution in [0.5, 0.6) is 5.75 Å². The first-order chi connectivity index (χ1) is 14.0. The van der Waals surface area contributed by atoms with Gasteiger partial charge in [0.15, 0.2) is 0 Å². The van der Waals surface area contributed by atoms with Crippen LogP contribution in [0.1, 0.15) is 30.4 Å². The third-order valence-electron chi connectivity index (χ3n) is 6.21. The van der Waals surface area contributed by atoms with Gasteiger partial charge in [0.05, 0.1) is 17.7 Å². The molecule has 2 aromatic rings. The van der Waals surface area contributed by atoms with Gasteiger partial charge in [0.2, 0.25) is 0 Å². The van der Waals surface area contributed by atoms with Gasteiger partial charge in [-0.15, -0.1) is 0 Å². The Kier molecular flexibility index (Phi) is 4.30. The number of ether oxygens (including phenoxy) is 2. The fourth-order valence-corrected chi connectivity index (χ4v) is 5.36. The van der Waals surface area contributed by atoms with Crippen LogP contribution in [0.4, 0.5) is 0 Å². The average Bonchev–Trinajstić information content (AvgIpc) is 3.10. The van der Waals surface area contributed by atoms with E-state index in [1.165, 1.54) is 0 Å². The number of nitriles is 1. The fourth-order valence-electron chi connectivity index (χ4n) is 4.87. The molecule has 1 aliphatic carbocycles. The van der Waals surface area contributed by atoms with E-state index in [0.717, 1.165) is 39.8 Å². The molecular formula is C22H20BrN3O3. The van der Waals surface area contributed by atoms with E-state index in [0.29, 0.717) is 18.6 Å². The fraction of sp³-hybridized carbons (Fsp3) is 0.364. The molecule has 7 heteroatoms. The Labute approximate surface area is 177 Å². The largest absolute Gasteiger partial charge is 0.490 e. The highest BCUT2D eigenvalue weighted by Gasteiger charge is 2.55. The minimum Gasteiger partial charge on any atom is -0.490 e. The molecule has 2 aliphatic heterocycles. The van der Waals surface area contributed by atoms with Crippen LogP contribution in [0.3, 0.4) is 0 Å². The van der Waals surface area contributed by atoms with Crippen molar-refractivity contribution in [2.75, 3.05) is 6.61 Å². The zero-order valence-corrected chi connectivity index (χ0v) is 17.2. The van der Waals surface area contributed by atoms with E-state index >= 15 is 0 Å². The number of hydrogen-bond acceptors (Lipinski definition) is 6. The van der Waals surface area contributed by atoms with Crippen LogP contribution in [0.2, 0.25) is 0 Å². The number of aliphatic hydroxyl groups excluding tert-OH is 1. The molecule has 148 valence electrons. The summed E-state index contributed by atoms with van der Waals surface area (Å²) in [7, 11) is 0. The van der Waals surface area contributed by atoms with Crippen molar-refractivity contribution in [1.29, 1.82) is 5.26 Å². The summed E-state index contributed by atoms with van der Waals surface area (Å²) in [5, 5.41) is 19.6. The van der Waals surface area contributed by atoms with Crippen molar-refractivity contribution in [2.24, 2.45) is 16.6 Å². The van der Waals surface area contributed by atoms with E-state index in [4.69, 9.17) is 20.2 Å². The lowest BCUT2D eigenvalue weighted by atomic mass is 9.67. The van der Waals surface area contributed by atoms with Gasteiger partial charge in [0, 0.05) is 16.0 Å². The van der Waals surface area contributed by atoms with E-state index in [9.17, 15) is 10.4 Å². The molecule has 29 heavy (non-hydrogen) atoms. The maximum Gasteiger partial charge on any atom is 0.283 e. The molecule has 0 bridgehead atoms. The third kappa shape index (κ3) is 2.98.